The van der Waals surface area contributed by atoms with Crippen molar-refractivity contribution in [1.29, 1.82) is 0 Å². The van der Waals surface area contributed by atoms with Crippen LogP contribution >= 0.6 is 18.6 Å². The molecule has 0 bridgehead atoms. The van der Waals surface area contributed by atoms with Crippen molar-refractivity contribution < 1.29 is 18.4 Å². The molecule has 12 rings (SSSR count). The second-order valence-electron chi connectivity index (χ2n) is 15.4. The number of aromatic amines is 1. The summed E-state index contributed by atoms with van der Waals surface area (Å²) in [5, 5.41) is 8.76. The van der Waals surface area contributed by atoms with Crippen LogP contribution in [0.25, 0.3) is 88.1 Å². The maximum atomic E-state index is 4.94. The van der Waals surface area contributed by atoms with Crippen LogP contribution in [-0.4, -0.2) is 44.3 Å². The van der Waals surface area contributed by atoms with E-state index in [4.69, 9.17) is 5.70 Å². The van der Waals surface area contributed by atoms with Crippen molar-refractivity contribution in [1.82, 2.24) is 38.6 Å². The van der Waals surface area contributed by atoms with E-state index < -0.39 is 0 Å². The summed E-state index contributed by atoms with van der Waals surface area (Å²) in [5.41, 5.74) is 19.2. The van der Waals surface area contributed by atoms with Crippen molar-refractivity contribution in [3.05, 3.63) is 168 Å². The summed E-state index contributed by atoms with van der Waals surface area (Å²) < 4.78 is 6.40. The van der Waals surface area contributed by atoms with E-state index in [9.17, 15) is 0 Å². The summed E-state index contributed by atoms with van der Waals surface area (Å²) in [5.74, 6) is 1.06. The first kappa shape index (κ1) is 46.2. The number of nitrogens with zero attached hydrogens (tertiary/aromatic N) is 7. The molecule has 4 aromatic carbocycles. The number of benzene rings is 4. The molecule has 1 N–H and O–H groups in total. The molecule has 0 spiro atoms. The summed E-state index contributed by atoms with van der Waals surface area (Å²) >= 11 is 2.24. The molecule has 2 aliphatic rings. The smallest absolute Gasteiger partial charge is 1.00 e. The average Bonchev–Trinajstić information content (AvgIpc) is 4.06. The van der Waals surface area contributed by atoms with E-state index in [2.05, 4.69) is 202 Å². The van der Waals surface area contributed by atoms with Crippen LogP contribution in [0.2, 0.25) is 0 Å². The molecule has 0 saturated heterocycles. The van der Waals surface area contributed by atoms with Gasteiger partial charge in [-0.2, -0.15) is 0 Å². The van der Waals surface area contributed by atoms with E-state index in [-0.39, 0.29) is 18.4 Å². The van der Waals surface area contributed by atoms with Crippen LogP contribution < -0.4 is 17.0 Å². The second-order valence-corrected chi connectivity index (χ2v) is 19.0. The van der Waals surface area contributed by atoms with Gasteiger partial charge in [0.2, 0.25) is 0 Å². The van der Waals surface area contributed by atoms with Crippen LogP contribution in [0, 0.1) is 27.7 Å². The summed E-state index contributed by atoms with van der Waals surface area (Å²) in [6.07, 6.45) is 7.53. The van der Waals surface area contributed by atoms with E-state index in [1.54, 1.807) is 0 Å². The van der Waals surface area contributed by atoms with Gasteiger partial charge in [0.15, 0.2) is 0 Å². The largest absolute Gasteiger partial charge is 1.00 e. The van der Waals surface area contributed by atoms with Crippen molar-refractivity contribution in [2.45, 2.75) is 41.5 Å². The van der Waals surface area contributed by atoms with Crippen molar-refractivity contribution in [2.24, 2.45) is 21.1 Å². The Labute approximate surface area is 397 Å². The zero-order chi connectivity index (χ0) is 45.5. The van der Waals surface area contributed by atoms with E-state index in [1.165, 1.54) is 82.1 Å². The van der Waals surface area contributed by atoms with Gasteiger partial charge >= 0.3 is 42.8 Å². The quantitative estimate of drug-likeness (QED) is 0.121. The zero-order valence-electron chi connectivity index (χ0n) is 38.8. The van der Waals surface area contributed by atoms with Gasteiger partial charge < -0.3 is 18.7 Å². The molecule has 6 aromatic heterocycles. The topological polar surface area (TPSA) is 82.1 Å². The van der Waals surface area contributed by atoms with Crippen LogP contribution in [0.3, 0.4) is 0 Å². The van der Waals surface area contributed by atoms with E-state index in [1.807, 2.05) is 63.9 Å². The van der Waals surface area contributed by atoms with Gasteiger partial charge in [0.25, 0.3) is 0 Å². The number of rotatable bonds is 0. The minimum atomic E-state index is 0. The van der Waals surface area contributed by atoms with Gasteiger partial charge in [0.1, 0.15) is 22.8 Å². The number of hydrogen-bond acceptors (Lipinski definition) is 4. The zero-order valence-corrected chi connectivity index (χ0v) is 42.1. The minimum absolute atomic E-state index is 0. The Morgan fingerprint density at radius 1 is 0.531 bits per heavy atom. The molecule has 8 heterocycles. The first-order chi connectivity index (χ1) is 31.1. The molecule has 2 radical (unpaired) electrons. The molecule has 0 amide bonds. The van der Waals surface area contributed by atoms with Gasteiger partial charge in [-0.1, -0.05) is 86.6 Å². The Kier molecular flexibility index (Phi) is 15.0. The van der Waals surface area contributed by atoms with Gasteiger partial charge in [-0.25, -0.2) is 19.9 Å². The van der Waals surface area contributed by atoms with E-state index in [0.29, 0.717) is 0 Å². The van der Waals surface area contributed by atoms with Gasteiger partial charge in [-0.3, -0.25) is 0 Å². The number of pyridine rings is 4. The first-order valence-electron chi connectivity index (χ1n) is 21.3. The van der Waals surface area contributed by atoms with Gasteiger partial charge in [0, 0.05) is 89.2 Å². The van der Waals surface area contributed by atoms with Crippen LogP contribution in [-0.2, 0) is 21.1 Å². The molecule has 10 aromatic rings. The van der Waals surface area contributed by atoms with E-state index in [0.717, 1.165) is 28.3 Å². The molecule has 0 aliphatic carbocycles. The van der Waals surface area contributed by atoms with Crippen molar-refractivity contribution in [3.8, 4) is 11.4 Å². The van der Waals surface area contributed by atoms with Gasteiger partial charge in [0.05, 0.1) is 22.1 Å². The number of para-hydroxylation sites is 4. The van der Waals surface area contributed by atoms with Crippen LogP contribution in [0.4, 0.5) is 0 Å². The fourth-order valence-corrected chi connectivity index (χ4v) is 8.59. The fraction of sp³-hybridized carbons (Fsp3) is 0.170. The van der Waals surface area contributed by atoms with Crippen molar-refractivity contribution in [2.75, 3.05) is 0 Å². The molecule has 322 valence electrons. The molecule has 0 unspecified atom stereocenters. The summed E-state index contributed by atoms with van der Waals surface area (Å²) in [6.45, 7) is 12.5. The Hall–Kier alpha value is -5.80. The third kappa shape index (κ3) is 9.10. The van der Waals surface area contributed by atoms with E-state index >= 15 is 0 Å². The normalized spacial score (nSPS) is 10.8. The van der Waals surface area contributed by atoms with Crippen LogP contribution in [0.5, 0.6) is 0 Å². The Bertz CT molecular complexity index is 3360. The van der Waals surface area contributed by atoms with Crippen LogP contribution in [0.15, 0.2) is 146 Å². The Morgan fingerprint density at radius 3 is 1.55 bits per heavy atom. The molecule has 0 saturated carbocycles. The molecule has 64 heavy (non-hydrogen) atoms. The number of aromatic nitrogens is 8. The Morgan fingerprint density at radius 2 is 0.984 bits per heavy atom. The average molecular weight is 1070 g/mol. The number of halogens is 2. The number of hydrogen-bond donors (Lipinski definition) is 1. The van der Waals surface area contributed by atoms with Crippen LogP contribution in [0.1, 0.15) is 37.5 Å². The maximum absolute atomic E-state index is 4.94. The molecular formula is C53H53BI2N8. The predicted molar refractivity (Wildman–Crippen MR) is 279 cm³/mol. The van der Waals surface area contributed by atoms with Gasteiger partial charge in [-0.05, 0) is 98.5 Å². The second kappa shape index (κ2) is 20.8. The minimum Gasteiger partial charge on any atom is 1.00 e. The number of H-pyrrole nitrogens is 1. The standard InChI is InChI=1S/3C13H12N2.C12H10N2.C2H6.BI2/c1-9-5-3-6-10-11-7-4-8-15(2)13(11)14-12(9)10;2*1-9-5-3-6-10-11-7-4-8-14-13(11)15(2)12(9)10;1-8-4-2-5-9-10-6-3-7-13-12(10)14-11(8)9;1-2;1-3-2/h3*3-8H,1-2H3;2-7H,1H3,(H,13,14);1-2H3;/q;;;;;-1/p+1. The summed E-state index contributed by atoms with van der Waals surface area (Å²) in [4.78, 5) is 21.2. The molecule has 0 fully saturated rings. The number of aryl methyl sites for hydroxylation is 7. The monoisotopic (exact) mass is 1070 g/mol. The third-order valence-electron chi connectivity index (χ3n) is 11.4. The summed E-state index contributed by atoms with van der Waals surface area (Å²) in [6, 6.07) is 41.9. The number of fused-ring (bicyclic) bond motifs is 12. The van der Waals surface area contributed by atoms with Crippen molar-refractivity contribution in [3.63, 3.8) is 0 Å². The SMILES string of the molecule is CC.Cc1cccc2c1[nH]c1ncccc12.Cc1cccc2c3cccn(C)c-3nc12.Cc1cccc2c3cccnc3n(C)c12.Cc1cccc2c3cccnc3n(C)c12.[B][I-]I.[H+]. The van der Waals surface area contributed by atoms with Crippen molar-refractivity contribution >= 4 is 101 Å². The fourth-order valence-electron chi connectivity index (χ4n) is 8.59. The molecule has 0 atom stereocenters. The third-order valence-corrected chi connectivity index (χ3v) is 11.4. The maximum Gasteiger partial charge on any atom is 1.00 e. The predicted octanol–water partition coefficient (Wildman–Crippen LogP) is 10.7. The summed E-state index contributed by atoms with van der Waals surface area (Å²) in [7, 11) is 6.18. The molecule has 2 aliphatic heterocycles. The molecule has 8 nitrogen and oxygen atoms in total. The first-order valence-corrected chi connectivity index (χ1v) is 28.8. The molecule has 11 heteroatoms. The molecular weight excluding hydrogens is 1010 g/mol. The number of nitrogens with one attached hydrogen (secondary N) is 1. The Balaban J connectivity index is 0.000000138. The van der Waals surface area contributed by atoms with Gasteiger partial charge in [-0.15, -0.1) is 0 Å².